The number of aromatic nitrogens is 3. The Bertz CT molecular complexity index is 269. The van der Waals surface area contributed by atoms with Crippen molar-refractivity contribution < 1.29 is 0 Å². The first kappa shape index (κ1) is 8.65. The summed E-state index contributed by atoms with van der Waals surface area (Å²) in [6.07, 6.45) is 2.86. The van der Waals surface area contributed by atoms with Gasteiger partial charge in [0.1, 0.15) is 12.2 Å². The number of hydrogen-bond donors (Lipinski definition) is 1. The van der Waals surface area contributed by atoms with Crippen LogP contribution in [0.25, 0.3) is 0 Å². The summed E-state index contributed by atoms with van der Waals surface area (Å²) in [7, 11) is 0. The van der Waals surface area contributed by atoms with Crippen LogP contribution in [0, 0.1) is 0 Å². The zero-order valence-corrected chi connectivity index (χ0v) is 7.69. The average Bonchev–Trinajstić information content (AvgIpc) is 2.61. The second-order valence-corrected chi connectivity index (χ2v) is 3.36. The van der Waals surface area contributed by atoms with Crippen LogP contribution in [0.5, 0.6) is 0 Å². The van der Waals surface area contributed by atoms with Gasteiger partial charge in [-0.3, -0.25) is 4.90 Å². The molecule has 0 saturated carbocycles. The molecule has 0 bridgehead atoms. The maximum absolute atomic E-state index is 5.46. The lowest BCUT2D eigenvalue weighted by Crippen LogP contribution is -2.34. The largest absolute Gasteiger partial charge is 0.330 e. The Morgan fingerprint density at radius 3 is 3.23 bits per heavy atom. The first-order valence-corrected chi connectivity index (χ1v) is 4.69. The summed E-state index contributed by atoms with van der Waals surface area (Å²) in [5, 5.41) is 7.94. The number of fused-ring (bicyclic) bond motifs is 1. The van der Waals surface area contributed by atoms with Gasteiger partial charge < -0.3 is 10.3 Å². The molecule has 1 aliphatic rings. The average molecular weight is 181 g/mol. The van der Waals surface area contributed by atoms with Gasteiger partial charge in [0, 0.05) is 13.1 Å². The highest BCUT2D eigenvalue weighted by atomic mass is 15.3. The molecule has 0 aromatic carbocycles. The van der Waals surface area contributed by atoms with E-state index < -0.39 is 0 Å². The van der Waals surface area contributed by atoms with Crippen molar-refractivity contribution in [2.24, 2.45) is 5.73 Å². The van der Waals surface area contributed by atoms with E-state index in [9.17, 15) is 0 Å². The predicted octanol–water partition coefficient (Wildman–Crippen LogP) is -0.558. The quantitative estimate of drug-likeness (QED) is 0.679. The molecule has 5 nitrogen and oxygen atoms in total. The van der Waals surface area contributed by atoms with E-state index in [-0.39, 0.29) is 0 Å². The van der Waals surface area contributed by atoms with Crippen LogP contribution >= 0.6 is 0 Å². The summed E-state index contributed by atoms with van der Waals surface area (Å²) in [4.78, 5) is 2.37. The minimum Gasteiger partial charge on any atom is -0.330 e. The molecule has 0 fully saturated rings. The third-order valence-corrected chi connectivity index (χ3v) is 2.40. The first-order chi connectivity index (χ1) is 6.40. The fourth-order valence-corrected chi connectivity index (χ4v) is 1.62. The van der Waals surface area contributed by atoms with Crippen LogP contribution in [0.1, 0.15) is 12.2 Å². The van der Waals surface area contributed by atoms with Crippen LogP contribution < -0.4 is 5.73 Å². The Morgan fingerprint density at radius 1 is 1.46 bits per heavy atom. The van der Waals surface area contributed by atoms with Crippen molar-refractivity contribution in [2.75, 3.05) is 19.6 Å². The molecule has 0 unspecified atom stereocenters. The van der Waals surface area contributed by atoms with Crippen LogP contribution in [0.15, 0.2) is 6.33 Å². The molecule has 2 heterocycles. The Morgan fingerprint density at radius 2 is 2.38 bits per heavy atom. The molecule has 2 rings (SSSR count). The monoisotopic (exact) mass is 181 g/mol. The molecule has 1 aliphatic heterocycles. The van der Waals surface area contributed by atoms with E-state index in [1.54, 1.807) is 6.33 Å². The van der Waals surface area contributed by atoms with Crippen molar-refractivity contribution in [3.8, 4) is 0 Å². The Balaban J connectivity index is 1.93. The standard InChI is InChI=1S/C8H15N5/c9-2-1-3-12-4-5-13-7-10-11-8(13)6-12/h7H,1-6,9H2. The molecule has 72 valence electrons. The highest BCUT2D eigenvalue weighted by molar-refractivity contribution is 4.89. The van der Waals surface area contributed by atoms with Gasteiger partial charge in [-0.15, -0.1) is 10.2 Å². The molecule has 0 spiro atoms. The van der Waals surface area contributed by atoms with Crippen LogP contribution in [-0.2, 0) is 13.1 Å². The van der Waals surface area contributed by atoms with E-state index in [1.807, 2.05) is 0 Å². The van der Waals surface area contributed by atoms with Crippen LogP contribution in [0.4, 0.5) is 0 Å². The predicted molar refractivity (Wildman–Crippen MR) is 49.0 cm³/mol. The van der Waals surface area contributed by atoms with Crippen molar-refractivity contribution in [3.63, 3.8) is 0 Å². The topological polar surface area (TPSA) is 60.0 Å². The normalized spacial score (nSPS) is 17.3. The van der Waals surface area contributed by atoms with Gasteiger partial charge in [-0.1, -0.05) is 0 Å². The second-order valence-electron chi connectivity index (χ2n) is 3.36. The zero-order chi connectivity index (χ0) is 9.10. The van der Waals surface area contributed by atoms with E-state index in [4.69, 9.17) is 5.73 Å². The minimum atomic E-state index is 0.767. The highest BCUT2D eigenvalue weighted by Gasteiger charge is 2.15. The van der Waals surface area contributed by atoms with Crippen molar-refractivity contribution in [3.05, 3.63) is 12.2 Å². The van der Waals surface area contributed by atoms with E-state index in [1.165, 1.54) is 0 Å². The van der Waals surface area contributed by atoms with Crippen molar-refractivity contribution in [2.45, 2.75) is 19.5 Å². The third kappa shape index (κ3) is 1.87. The van der Waals surface area contributed by atoms with Crippen molar-refractivity contribution in [1.29, 1.82) is 0 Å². The Kier molecular flexibility index (Phi) is 2.56. The number of nitrogens with two attached hydrogens (primary N) is 1. The fraction of sp³-hybridized carbons (Fsp3) is 0.750. The summed E-state index contributed by atoms with van der Waals surface area (Å²) >= 11 is 0. The van der Waals surface area contributed by atoms with Crippen molar-refractivity contribution >= 4 is 0 Å². The van der Waals surface area contributed by atoms with Crippen molar-refractivity contribution in [1.82, 2.24) is 19.7 Å². The van der Waals surface area contributed by atoms with E-state index >= 15 is 0 Å². The smallest absolute Gasteiger partial charge is 0.147 e. The molecule has 0 saturated heterocycles. The van der Waals surface area contributed by atoms with Gasteiger partial charge in [0.25, 0.3) is 0 Å². The number of nitrogens with zero attached hydrogens (tertiary/aromatic N) is 4. The van der Waals surface area contributed by atoms with E-state index in [0.717, 1.165) is 45.0 Å². The molecular weight excluding hydrogens is 166 g/mol. The highest BCUT2D eigenvalue weighted by Crippen LogP contribution is 2.08. The lowest BCUT2D eigenvalue weighted by Gasteiger charge is -2.26. The number of hydrogen-bond acceptors (Lipinski definition) is 4. The van der Waals surface area contributed by atoms with Gasteiger partial charge in [0.15, 0.2) is 0 Å². The number of rotatable bonds is 3. The third-order valence-electron chi connectivity index (χ3n) is 2.40. The molecule has 0 atom stereocenters. The maximum Gasteiger partial charge on any atom is 0.147 e. The molecule has 0 radical (unpaired) electrons. The molecule has 0 amide bonds. The minimum absolute atomic E-state index is 0.767. The van der Waals surface area contributed by atoms with Gasteiger partial charge in [-0.05, 0) is 19.5 Å². The summed E-state index contributed by atoms with van der Waals surface area (Å²) in [6.45, 7) is 4.85. The van der Waals surface area contributed by atoms with E-state index in [0.29, 0.717) is 0 Å². The molecule has 13 heavy (non-hydrogen) atoms. The van der Waals surface area contributed by atoms with Gasteiger partial charge in [-0.25, -0.2) is 0 Å². The molecule has 5 heteroatoms. The summed E-state index contributed by atoms with van der Waals surface area (Å²) in [5.41, 5.74) is 5.46. The van der Waals surface area contributed by atoms with Crippen LogP contribution in [0.2, 0.25) is 0 Å². The Hall–Kier alpha value is -0.940. The summed E-state index contributed by atoms with van der Waals surface area (Å²) in [6, 6.07) is 0. The van der Waals surface area contributed by atoms with E-state index in [2.05, 4.69) is 19.7 Å². The van der Waals surface area contributed by atoms with Gasteiger partial charge >= 0.3 is 0 Å². The van der Waals surface area contributed by atoms with Crippen LogP contribution in [-0.4, -0.2) is 39.3 Å². The Labute approximate surface area is 77.5 Å². The molecule has 1 aromatic rings. The maximum atomic E-state index is 5.46. The molecule has 0 aliphatic carbocycles. The lowest BCUT2D eigenvalue weighted by molar-refractivity contribution is 0.216. The SMILES string of the molecule is NCCCN1CCn2cnnc2C1. The molecular formula is C8H15N5. The van der Waals surface area contributed by atoms with Gasteiger partial charge in [0.05, 0.1) is 6.54 Å². The van der Waals surface area contributed by atoms with Gasteiger partial charge in [0.2, 0.25) is 0 Å². The lowest BCUT2D eigenvalue weighted by atomic mass is 10.3. The van der Waals surface area contributed by atoms with Crippen LogP contribution in [0.3, 0.4) is 0 Å². The zero-order valence-electron chi connectivity index (χ0n) is 7.69. The fourth-order valence-electron chi connectivity index (χ4n) is 1.62. The summed E-state index contributed by atoms with van der Waals surface area (Å²) < 4.78 is 2.11. The first-order valence-electron chi connectivity index (χ1n) is 4.69. The molecule has 2 N–H and O–H groups in total. The summed E-state index contributed by atoms with van der Waals surface area (Å²) in [5.74, 6) is 1.07. The van der Waals surface area contributed by atoms with Gasteiger partial charge in [-0.2, -0.15) is 0 Å². The second kappa shape index (κ2) is 3.85. The molecule has 1 aromatic heterocycles.